The lowest BCUT2D eigenvalue weighted by atomic mass is 10.1. The molecule has 1 unspecified atom stereocenters. The molecule has 0 spiro atoms. The summed E-state index contributed by atoms with van der Waals surface area (Å²) in [6, 6.07) is 0. The lowest BCUT2D eigenvalue weighted by Crippen LogP contribution is -2.02. The number of nitrogens with two attached hydrogens (primary N) is 1. The molecule has 1 heterocycles. The van der Waals surface area contributed by atoms with E-state index in [4.69, 9.17) is 5.73 Å². The zero-order chi connectivity index (χ0) is 10.0. The average molecular weight is 181 g/mol. The minimum atomic E-state index is 0.464. The second-order valence-electron chi connectivity index (χ2n) is 3.52. The SMILES string of the molecule is CCc1nc(C(C)CC)c(N)n1C. The Kier molecular flexibility index (Phi) is 2.96. The van der Waals surface area contributed by atoms with E-state index in [0.29, 0.717) is 5.92 Å². The molecule has 0 aromatic carbocycles. The molecular weight excluding hydrogens is 162 g/mol. The number of aromatic nitrogens is 2. The van der Waals surface area contributed by atoms with Gasteiger partial charge in [-0.3, -0.25) is 0 Å². The summed E-state index contributed by atoms with van der Waals surface area (Å²) in [7, 11) is 1.98. The Morgan fingerprint density at radius 2 is 2.08 bits per heavy atom. The average Bonchev–Trinajstić information content (AvgIpc) is 2.43. The van der Waals surface area contributed by atoms with Crippen LogP contribution < -0.4 is 5.73 Å². The number of nitrogens with zero attached hydrogens (tertiary/aromatic N) is 2. The molecule has 0 aliphatic rings. The first-order valence-electron chi connectivity index (χ1n) is 4.92. The van der Waals surface area contributed by atoms with Crippen LogP contribution >= 0.6 is 0 Å². The highest BCUT2D eigenvalue weighted by Gasteiger charge is 2.14. The molecular formula is C10H19N3. The topological polar surface area (TPSA) is 43.8 Å². The molecule has 1 aromatic rings. The van der Waals surface area contributed by atoms with E-state index in [1.807, 2.05) is 11.6 Å². The molecule has 74 valence electrons. The minimum absolute atomic E-state index is 0.464. The van der Waals surface area contributed by atoms with E-state index in [9.17, 15) is 0 Å². The highest BCUT2D eigenvalue weighted by Crippen LogP contribution is 2.24. The Morgan fingerprint density at radius 3 is 2.46 bits per heavy atom. The quantitative estimate of drug-likeness (QED) is 0.775. The van der Waals surface area contributed by atoms with Crippen molar-refractivity contribution >= 4 is 5.82 Å². The van der Waals surface area contributed by atoms with Crippen LogP contribution in [-0.2, 0) is 13.5 Å². The number of hydrogen-bond donors (Lipinski definition) is 1. The van der Waals surface area contributed by atoms with Gasteiger partial charge in [-0.1, -0.05) is 20.8 Å². The van der Waals surface area contributed by atoms with Crippen LogP contribution in [-0.4, -0.2) is 9.55 Å². The zero-order valence-corrected chi connectivity index (χ0v) is 8.96. The third-order valence-corrected chi connectivity index (χ3v) is 2.66. The van der Waals surface area contributed by atoms with Crippen molar-refractivity contribution in [2.75, 3.05) is 5.73 Å². The molecule has 0 saturated carbocycles. The summed E-state index contributed by atoms with van der Waals surface area (Å²) >= 11 is 0. The molecule has 2 N–H and O–H groups in total. The lowest BCUT2D eigenvalue weighted by Gasteiger charge is -2.05. The van der Waals surface area contributed by atoms with E-state index in [2.05, 4.69) is 25.8 Å². The highest BCUT2D eigenvalue weighted by molar-refractivity contribution is 5.40. The molecule has 0 amide bonds. The Bertz CT molecular complexity index is 289. The Labute approximate surface area is 80.0 Å². The van der Waals surface area contributed by atoms with Gasteiger partial charge in [0.15, 0.2) is 0 Å². The van der Waals surface area contributed by atoms with Crippen molar-refractivity contribution in [3.63, 3.8) is 0 Å². The van der Waals surface area contributed by atoms with Crippen LogP contribution in [0.3, 0.4) is 0 Å². The number of nitrogen functional groups attached to an aromatic ring is 1. The Morgan fingerprint density at radius 1 is 1.46 bits per heavy atom. The number of imidazole rings is 1. The fourth-order valence-electron chi connectivity index (χ4n) is 1.45. The fraction of sp³-hybridized carbons (Fsp3) is 0.700. The van der Waals surface area contributed by atoms with Crippen molar-refractivity contribution < 1.29 is 0 Å². The number of anilines is 1. The summed E-state index contributed by atoms with van der Waals surface area (Å²) in [6.07, 6.45) is 2.03. The van der Waals surface area contributed by atoms with Gasteiger partial charge >= 0.3 is 0 Å². The molecule has 3 heteroatoms. The van der Waals surface area contributed by atoms with E-state index in [-0.39, 0.29) is 0 Å². The second-order valence-corrected chi connectivity index (χ2v) is 3.52. The van der Waals surface area contributed by atoms with Gasteiger partial charge < -0.3 is 10.3 Å². The predicted octanol–water partition coefficient (Wildman–Crippen LogP) is 2.08. The normalized spacial score (nSPS) is 13.2. The molecule has 0 radical (unpaired) electrons. The van der Waals surface area contributed by atoms with Crippen LogP contribution in [0.15, 0.2) is 0 Å². The number of rotatable bonds is 3. The predicted molar refractivity (Wildman–Crippen MR) is 55.7 cm³/mol. The summed E-state index contributed by atoms with van der Waals surface area (Å²) in [6.45, 7) is 6.42. The van der Waals surface area contributed by atoms with Crippen LogP contribution in [0.25, 0.3) is 0 Å². The number of aryl methyl sites for hydroxylation is 1. The van der Waals surface area contributed by atoms with Crippen molar-refractivity contribution in [3.8, 4) is 0 Å². The fourth-order valence-corrected chi connectivity index (χ4v) is 1.45. The third kappa shape index (κ3) is 1.69. The highest BCUT2D eigenvalue weighted by atomic mass is 15.1. The van der Waals surface area contributed by atoms with Crippen molar-refractivity contribution in [2.24, 2.45) is 7.05 Å². The summed E-state index contributed by atoms with van der Waals surface area (Å²) in [5, 5.41) is 0. The van der Waals surface area contributed by atoms with Gasteiger partial charge in [0.2, 0.25) is 0 Å². The van der Waals surface area contributed by atoms with Gasteiger partial charge in [0, 0.05) is 19.4 Å². The molecule has 0 saturated heterocycles. The van der Waals surface area contributed by atoms with Gasteiger partial charge in [-0.05, 0) is 6.42 Å². The van der Waals surface area contributed by atoms with Crippen molar-refractivity contribution in [2.45, 2.75) is 39.5 Å². The molecule has 0 aliphatic heterocycles. The first-order valence-corrected chi connectivity index (χ1v) is 4.92. The van der Waals surface area contributed by atoms with Crippen molar-refractivity contribution in [3.05, 3.63) is 11.5 Å². The van der Waals surface area contributed by atoms with Gasteiger partial charge in [-0.25, -0.2) is 4.98 Å². The van der Waals surface area contributed by atoms with Gasteiger partial charge in [0.1, 0.15) is 11.6 Å². The zero-order valence-electron chi connectivity index (χ0n) is 8.96. The largest absolute Gasteiger partial charge is 0.384 e. The van der Waals surface area contributed by atoms with Gasteiger partial charge in [0.25, 0.3) is 0 Å². The minimum Gasteiger partial charge on any atom is -0.384 e. The van der Waals surface area contributed by atoms with Gasteiger partial charge in [-0.15, -0.1) is 0 Å². The summed E-state index contributed by atoms with van der Waals surface area (Å²) in [5.74, 6) is 2.37. The molecule has 0 fully saturated rings. The van der Waals surface area contributed by atoms with E-state index >= 15 is 0 Å². The monoisotopic (exact) mass is 181 g/mol. The second kappa shape index (κ2) is 3.81. The Hall–Kier alpha value is -0.990. The maximum Gasteiger partial charge on any atom is 0.126 e. The lowest BCUT2D eigenvalue weighted by molar-refractivity contribution is 0.712. The molecule has 13 heavy (non-hydrogen) atoms. The standard InChI is InChI=1S/C10H19N3/c1-5-7(3)9-10(11)13(4)8(6-2)12-9/h7H,5-6,11H2,1-4H3. The molecule has 3 nitrogen and oxygen atoms in total. The van der Waals surface area contributed by atoms with E-state index in [0.717, 1.165) is 30.2 Å². The number of hydrogen-bond acceptors (Lipinski definition) is 2. The first-order chi connectivity index (χ1) is 6.11. The maximum atomic E-state index is 5.96. The summed E-state index contributed by atoms with van der Waals surface area (Å²) in [5.41, 5.74) is 7.01. The molecule has 1 atom stereocenters. The van der Waals surface area contributed by atoms with Crippen molar-refractivity contribution in [1.82, 2.24) is 9.55 Å². The summed E-state index contributed by atoms with van der Waals surface area (Å²) < 4.78 is 1.99. The van der Waals surface area contributed by atoms with Crippen molar-refractivity contribution in [1.29, 1.82) is 0 Å². The molecule has 1 aromatic heterocycles. The van der Waals surface area contributed by atoms with Crippen LogP contribution in [0.4, 0.5) is 5.82 Å². The maximum absolute atomic E-state index is 5.96. The third-order valence-electron chi connectivity index (χ3n) is 2.66. The van der Waals surface area contributed by atoms with E-state index < -0.39 is 0 Å². The molecule has 0 aliphatic carbocycles. The van der Waals surface area contributed by atoms with E-state index in [1.54, 1.807) is 0 Å². The Balaban J connectivity index is 3.09. The van der Waals surface area contributed by atoms with Gasteiger partial charge in [-0.2, -0.15) is 0 Å². The van der Waals surface area contributed by atoms with Crippen LogP contribution in [0, 0.1) is 0 Å². The van der Waals surface area contributed by atoms with Crippen LogP contribution in [0.2, 0.25) is 0 Å². The molecule has 1 rings (SSSR count). The summed E-state index contributed by atoms with van der Waals surface area (Å²) in [4.78, 5) is 4.54. The smallest absolute Gasteiger partial charge is 0.126 e. The van der Waals surface area contributed by atoms with Crippen LogP contribution in [0.1, 0.15) is 44.6 Å². The van der Waals surface area contributed by atoms with Gasteiger partial charge in [0.05, 0.1) is 5.69 Å². The van der Waals surface area contributed by atoms with E-state index in [1.165, 1.54) is 0 Å². The van der Waals surface area contributed by atoms with Crippen LogP contribution in [0.5, 0.6) is 0 Å². The first kappa shape index (κ1) is 10.1. The molecule has 0 bridgehead atoms.